The van der Waals surface area contributed by atoms with Crippen molar-refractivity contribution < 1.29 is 22.9 Å². The van der Waals surface area contributed by atoms with Crippen LogP contribution in [0.2, 0.25) is 0 Å². The monoisotopic (exact) mass is 439 g/mol. The molecule has 0 aliphatic carbocycles. The van der Waals surface area contributed by atoms with Gasteiger partial charge in [-0.2, -0.15) is 9.40 Å². The van der Waals surface area contributed by atoms with Crippen LogP contribution in [0.15, 0.2) is 35.5 Å². The summed E-state index contributed by atoms with van der Waals surface area (Å²) in [6.45, 7) is 6.28. The predicted octanol–water partition coefficient (Wildman–Crippen LogP) is 2.25. The van der Waals surface area contributed by atoms with Gasteiger partial charge in [-0.1, -0.05) is 13.8 Å². The highest BCUT2D eigenvalue weighted by Crippen LogP contribution is 2.30. The number of carbonyl (C=O) groups is 1. The second kappa shape index (κ2) is 10.2. The molecule has 0 spiro atoms. The van der Waals surface area contributed by atoms with E-state index in [1.807, 2.05) is 0 Å². The van der Waals surface area contributed by atoms with Gasteiger partial charge in [0.2, 0.25) is 15.9 Å². The fourth-order valence-corrected chi connectivity index (χ4v) is 4.39. The zero-order valence-corrected chi connectivity index (χ0v) is 17.9. The minimum Gasteiger partial charge on any atom is -0.492 e. The van der Waals surface area contributed by atoms with Crippen molar-refractivity contribution in [2.45, 2.75) is 38.6 Å². The Morgan fingerprint density at radius 1 is 1.30 bits per heavy atom. The number of sulfonamides is 1. The van der Waals surface area contributed by atoms with Crippen LogP contribution in [0.1, 0.15) is 27.2 Å². The summed E-state index contributed by atoms with van der Waals surface area (Å²) in [6, 6.07) is 4.44. The number of nitro groups is 1. The molecule has 12 heteroatoms. The van der Waals surface area contributed by atoms with Crippen LogP contribution in [0.5, 0.6) is 5.75 Å². The third-order valence-electron chi connectivity index (χ3n) is 4.25. The first kappa shape index (κ1) is 23.3. The second-order valence-electron chi connectivity index (χ2n) is 6.20. The molecule has 0 aliphatic rings. The van der Waals surface area contributed by atoms with E-state index < -0.39 is 14.9 Å². The van der Waals surface area contributed by atoms with Crippen molar-refractivity contribution in [2.24, 2.45) is 0 Å². The van der Waals surface area contributed by atoms with Crippen LogP contribution < -0.4 is 10.1 Å². The summed E-state index contributed by atoms with van der Waals surface area (Å²) < 4.78 is 34.0. The Balaban J connectivity index is 2.17. The molecule has 0 fully saturated rings. The Labute approximate surface area is 174 Å². The van der Waals surface area contributed by atoms with Gasteiger partial charge in [0.05, 0.1) is 11.5 Å². The van der Waals surface area contributed by atoms with Crippen LogP contribution in [0.25, 0.3) is 0 Å². The van der Waals surface area contributed by atoms with Crippen molar-refractivity contribution >= 4 is 27.3 Å². The van der Waals surface area contributed by atoms with Crippen LogP contribution in [0.4, 0.5) is 11.4 Å². The van der Waals surface area contributed by atoms with E-state index in [1.165, 1.54) is 27.3 Å². The van der Waals surface area contributed by atoms with Crippen LogP contribution in [0.3, 0.4) is 0 Å². The lowest BCUT2D eigenvalue weighted by Crippen LogP contribution is -2.31. The lowest BCUT2D eigenvalue weighted by atomic mass is 10.3. The highest BCUT2D eigenvalue weighted by atomic mass is 32.2. The minimum atomic E-state index is -3.79. The Kier molecular flexibility index (Phi) is 7.89. The molecule has 0 bridgehead atoms. The maximum Gasteiger partial charge on any atom is 0.306 e. The summed E-state index contributed by atoms with van der Waals surface area (Å²) in [5, 5.41) is 17.2. The molecule has 2 rings (SSSR count). The van der Waals surface area contributed by atoms with Gasteiger partial charge in [0.15, 0.2) is 0 Å². The topological polar surface area (TPSA) is 137 Å². The number of hydrogen-bond donors (Lipinski definition) is 1. The van der Waals surface area contributed by atoms with E-state index >= 15 is 0 Å². The molecule has 1 heterocycles. The molecule has 1 aromatic heterocycles. The lowest BCUT2D eigenvalue weighted by Gasteiger charge is -2.21. The molecule has 1 aromatic carbocycles. The Bertz CT molecular complexity index is 1000. The summed E-state index contributed by atoms with van der Waals surface area (Å²) in [6.07, 6.45) is 2.35. The molecular formula is C18H25N5O6S. The number of aryl methyl sites for hydroxylation is 1. The van der Waals surface area contributed by atoms with Crippen molar-refractivity contribution in [3.05, 3.63) is 40.7 Å². The molecule has 0 atom stereocenters. The second-order valence-corrected chi connectivity index (χ2v) is 8.11. The van der Waals surface area contributed by atoms with Crippen LogP contribution >= 0.6 is 0 Å². The number of anilines is 1. The molecule has 11 nitrogen and oxygen atoms in total. The maximum atomic E-state index is 13.0. The van der Waals surface area contributed by atoms with E-state index in [4.69, 9.17) is 4.74 Å². The summed E-state index contributed by atoms with van der Waals surface area (Å²) in [7, 11) is -3.79. The molecule has 0 aliphatic heterocycles. The SMILES string of the molecule is CCOc1ccc(NC(=O)CCn2cc([N+](=O)[O-])cn2)cc1S(=O)(=O)N(CC)CC. The number of amides is 1. The van der Waals surface area contributed by atoms with Crippen molar-refractivity contribution in [1.82, 2.24) is 14.1 Å². The Hall–Kier alpha value is -2.99. The van der Waals surface area contributed by atoms with Crippen LogP contribution in [-0.2, 0) is 21.4 Å². The van der Waals surface area contributed by atoms with Crippen LogP contribution in [0, 0.1) is 10.1 Å². The molecule has 30 heavy (non-hydrogen) atoms. The van der Waals surface area contributed by atoms with Crippen molar-refractivity contribution in [3.63, 3.8) is 0 Å². The fraction of sp³-hybridized carbons (Fsp3) is 0.444. The molecule has 0 saturated heterocycles. The molecule has 1 N–H and O–H groups in total. The third kappa shape index (κ3) is 5.54. The molecule has 2 aromatic rings. The van der Waals surface area contributed by atoms with E-state index in [0.29, 0.717) is 25.4 Å². The molecule has 0 saturated carbocycles. The van der Waals surface area contributed by atoms with Gasteiger partial charge in [0.1, 0.15) is 23.0 Å². The number of ether oxygens (including phenoxy) is 1. The van der Waals surface area contributed by atoms with E-state index in [9.17, 15) is 23.3 Å². The van der Waals surface area contributed by atoms with Gasteiger partial charge in [-0.25, -0.2) is 8.42 Å². The van der Waals surface area contributed by atoms with E-state index in [1.54, 1.807) is 26.8 Å². The van der Waals surface area contributed by atoms with Crippen molar-refractivity contribution in [3.8, 4) is 5.75 Å². The van der Waals surface area contributed by atoms with Gasteiger partial charge in [-0.15, -0.1) is 0 Å². The molecule has 164 valence electrons. The van der Waals surface area contributed by atoms with Gasteiger partial charge in [-0.3, -0.25) is 19.6 Å². The van der Waals surface area contributed by atoms with E-state index in [-0.39, 0.29) is 35.2 Å². The van der Waals surface area contributed by atoms with Crippen molar-refractivity contribution in [2.75, 3.05) is 25.0 Å². The van der Waals surface area contributed by atoms with Gasteiger partial charge >= 0.3 is 5.69 Å². The first-order chi connectivity index (χ1) is 14.2. The van der Waals surface area contributed by atoms with Crippen molar-refractivity contribution in [1.29, 1.82) is 0 Å². The quantitative estimate of drug-likeness (QED) is 0.419. The maximum absolute atomic E-state index is 13.0. The largest absolute Gasteiger partial charge is 0.492 e. The molecule has 1 amide bonds. The number of carbonyl (C=O) groups excluding carboxylic acids is 1. The average molecular weight is 439 g/mol. The number of nitrogens with one attached hydrogen (secondary N) is 1. The Morgan fingerprint density at radius 3 is 2.57 bits per heavy atom. The summed E-state index contributed by atoms with van der Waals surface area (Å²) >= 11 is 0. The van der Waals surface area contributed by atoms with Gasteiger partial charge in [0, 0.05) is 31.7 Å². The number of rotatable bonds is 11. The third-order valence-corrected chi connectivity index (χ3v) is 6.32. The molecular weight excluding hydrogens is 414 g/mol. The van der Waals surface area contributed by atoms with E-state index in [0.717, 1.165) is 6.20 Å². The van der Waals surface area contributed by atoms with Gasteiger partial charge in [0.25, 0.3) is 0 Å². The highest BCUT2D eigenvalue weighted by molar-refractivity contribution is 7.89. The Morgan fingerprint density at radius 2 is 2.00 bits per heavy atom. The standard InChI is InChI=1S/C18H25N5O6S/c1-4-22(5-2)30(27,28)17-11-14(7-8-16(17)29-6-3)20-18(24)9-10-21-13-15(12-19-21)23(25)26/h7-8,11-13H,4-6,9-10H2,1-3H3,(H,20,24). The molecule has 0 radical (unpaired) electrons. The average Bonchev–Trinajstić information content (AvgIpc) is 3.18. The highest BCUT2D eigenvalue weighted by Gasteiger charge is 2.26. The zero-order valence-electron chi connectivity index (χ0n) is 17.1. The van der Waals surface area contributed by atoms with Gasteiger partial charge < -0.3 is 10.1 Å². The number of nitrogens with zero attached hydrogens (tertiary/aromatic N) is 4. The first-order valence-electron chi connectivity index (χ1n) is 9.46. The smallest absolute Gasteiger partial charge is 0.306 e. The number of hydrogen-bond acceptors (Lipinski definition) is 7. The van der Waals surface area contributed by atoms with Gasteiger partial charge in [-0.05, 0) is 25.1 Å². The van der Waals surface area contributed by atoms with E-state index in [2.05, 4.69) is 10.4 Å². The summed E-state index contributed by atoms with van der Waals surface area (Å²) in [5.74, 6) is -0.172. The zero-order chi connectivity index (χ0) is 22.3. The number of benzene rings is 1. The lowest BCUT2D eigenvalue weighted by molar-refractivity contribution is -0.385. The fourth-order valence-electron chi connectivity index (χ4n) is 2.77. The van der Waals surface area contributed by atoms with Crippen LogP contribution in [-0.4, -0.2) is 53.0 Å². The predicted molar refractivity (Wildman–Crippen MR) is 110 cm³/mol. The first-order valence-corrected chi connectivity index (χ1v) is 10.9. The molecule has 0 unspecified atom stereocenters. The number of aromatic nitrogens is 2. The summed E-state index contributed by atoms with van der Waals surface area (Å²) in [4.78, 5) is 22.4. The normalized spacial score (nSPS) is 11.5. The summed E-state index contributed by atoms with van der Waals surface area (Å²) in [5.41, 5.74) is 0.147. The minimum absolute atomic E-state index is 0.00414.